The van der Waals surface area contributed by atoms with Gasteiger partial charge in [-0.15, -0.1) is 0 Å². The highest BCUT2D eigenvalue weighted by molar-refractivity contribution is 5.36. The molecule has 1 saturated heterocycles. The lowest BCUT2D eigenvalue weighted by atomic mass is 9.94. The van der Waals surface area contributed by atoms with Gasteiger partial charge in [-0.05, 0) is 24.5 Å². The lowest BCUT2D eigenvalue weighted by Gasteiger charge is -2.52. The van der Waals surface area contributed by atoms with E-state index in [1.54, 1.807) is 24.3 Å². The van der Waals surface area contributed by atoms with Crippen LogP contribution in [0.15, 0.2) is 54.6 Å². The van der Waals surface area contributed by atoms with Gasteiger partial charge in [-0.1, -0.05) is 74.2 Å². The fourth-order valence-electron chi connectivity index (χ4n) is 6.12. The summed E-state index contributed by atoms with van der Waals surface area (Å²) < 4.78 is 93.0. The standard InChI is InChI=1S/C29H37F6N3O/c1-39-25-16-10-9-15-23(25)24(18-36-17-21-11-5-4-6-12-21)37-19-26(28(30,31)32)38(27(20-37)29(33,34)35)22-13-7-2-3-8-14-22/h4-6,9-12,15-16,22,24,26-27,36H,2-3,7-8,13-14,17-20H2,1H3. The molecule has 3 unspecified atom stereocenters. The summed E-state index contributed by atoms with van der Waals surface area (Å²) in [6, 6.07) is 10.4. The Balaban J connectivity index is 1.69. The molecule has 1 aliphatic carbocycles. The average molecular weight is 558 g/mol. The second-order valence-corrected chi connectivity index (χ2v) is 10.5. The Morgan fingerprint density at radius 1 is 0.821 bits per heavy atom. The average Bonchev–Trinajstić information content (AvgIpc) is 3.20. The number of hydrogen-bond donors (Lipinski definition) is 1. The zero-order valence-corrected chi connectivity index (χ0v) is 22.1. The molecule has 2 aliphatic rings. The Morgan fingerprint density at radius 2 is 1.38 bits per heavy atom. The van der Waals surface area contributed by atoms with Crippen LogP contribution >= 0.6 is 0 Å². The molecule has 4 rings (SSSR count). The maximum Gasteiger partial charge on any atom is 0.405 e. The minimum atomic E-state index is -4.81. The van der Waals surface area contributed by atoms with E-state index < -0.39 is 49.6 Å². The molecule has 39 heavy (non-hydrogen) atoms. The summed E-state index contributed by atoms with van der Waals surface area (Å²) in [5.74, 6) is 0.433. The zero-order valence-electron chi connectivity index (χ0n) is 22.1. The van der Waals surface area contributed by atoms with Crippen LogP contribution in [0, 0.1) is 0 Å². The minimum Gasteiger partial charge on any atom is -0.496 e. The SMILES string of the molecule is COc1ccccc1C(CNCc1ccccc1)N1CC(C(F)(F)F)N(C2CCCCCC2)C(C(F)(F)F)C1. The van der Waals surface area contributed by atoms with E-state index in [0.717, 1.165) is 23.3 Å². The Bertz CT molecular complexity index is 1000. The third-order valence-electron chi connectivity index (χ3n) is 7.99. The van der Waals surface area contributed by atoms with E-state index in [9.17, 15) is 26.3 Å². The van der Waals surface area contributed by atoms with E-state index in [1.807, 2.05) is 30.3 Å². The van der Waals surface area contributed by atoms with Gasteiger partial charge in [-0.2, -0.15) is 26.3 Å². The van der Waals surface area contributed by atoms with Gasteiger partial charge in [0.25, 0.3) is 0 Å². The smallest absolute Gasteiger partial charge is 0.405 e. The Morgan fingerprint density at radius 3 is 1.95 bits per heavy atom. The van der Waals surface area contributed by atoms with E-state index in [1.165, 1.54) is 12.0 Å². The lowest BCUT2D eigenvalue weighted by Crippen LogP contribution is -2.69. The number of nitrogens with zero attached hydrogens (tertiary/aromatic N) is 2. The van der Waals surface area contributed by atoms with E-state index in [-0.39, 0.29) is 6.54 Å². The Hall–Kier alpha value is -2.30. The molecule has 2 fully saturated rings. The van der Waals surface area contributed by atoms with Gasteiger partial charge >= 0.3 is 12.4 Å². The first-order valence-corrected chi connectivity index (χ1v) is 13.6. The number of methoxy groups -OCH3 is 1. The zero-order chi connectivity index (χ0) is 28.0. The summed E-state index contributed by atoms with van der Waals surface area (Å²) in [5.41, 5.74) is 1.53. The predicted octanol–water partition coefficient (Wildman–Crippen LogP) is 6.73. The van der Waals surface area contributed by atoms with Gasteiger partial charge in [0, 0.05) is 37.8 Å². The van der Waals surface area contributed by atoms with Crippen molar-refractivity contribution in [3.63, 3.8) is 0 Å². The molecule has 1 aliphatic heterocycles. The molecule has 0 aromatic heterocycles. The lowest BCUT2D eigenvalue weighted by molar-refractivity contribution is -0.265. The van der Waals surface area contributed by atoms with Crippen LogP contribution in [0.4, 0.5) is 26.3 Å². The highest BCUT2D eigenvalue weighted by Crippen LogP contribution is 2.42. The third kappa shape index (κ3) is 7.46. The minimum absolute atomic E-state index is 0.161. The summed E-state index contributed by atoms with van der Waals surface area (Å²) in [6.07, 6.45) is -5.93. The number of hydrogen-bond acceptors (Lipinski definition) is 4. The summed E-state index contributed by atoms with van der Waals surface area (Å²) in [6.45, 7) is -0.488. The molecule has 4 nitrogen and oxygen atoms in total. The highest BCUT2D eigenvalue weighted by atomic mass is 19.4. The number of alkyl halides is 6. The van der Waals surface area contributed by atoms with Gasteiger partial charge in [-0.25, -0.2) is 0 Å². The van der Waals surface area contributed by atoms with Gasteiger partial charge in [0.1, 0.15) is 17.8 Å². The van der Waals surface area contributed by atoms with Crippen molar-refractivity contribution in [3.05, 3.63) is 65.7 Å². The van der Waals surface area contributed by atoms with Crippen LogP contribution in [0.25, 0.3) is 0 Å². The molecule has 2 aromatic rings. The molecule has 3 atom stereocenters. The maximum absolute atomic E-state index is 14.6. The molecule has 0 bridgehead atoms. The number of rotatable bonds is 8. The maximum atomic E-state index is 14.6. The number of nitrogens with one attached hydrogen (secondary N) is 1. The van der Waals surface area contributed by atoms with E-state index in [0.29, 0.717) is 43.5 Å². The molecule has 216 valence electrons. The molecule has 1 heterocycles. The molecule has 1 saturated carbocycles. The molecule has 0 radical (unpaired) electrons. The van der Waals surface area contributed by atoms with Crippen molar-refractivity contribution in [2.45, 2.75) is 81.6 Å². The third-order valence-corrected chi connectivity index (χ3v) is 7.99. The highest BCUT2D eigenvalue weighted by Gasteiger charge is 2.58. The first-order chi connectivity index (χ1) is 18.6. The van der Waals surface area contributed by atoms with Crippen LogP contribution in [0.5, 0.6) is 5.75 Å². The number of halogens is 6. The van der Waals surface area contributed by atoms with Crippen molar-refractivity contribution in [2.75, 3.05) is 26.7 Å². The van der Waals surface area contributed by atoms with Gasteiger partial charge in [0.15, 0.2) is 0 Å². The first-order valence-electron chi connectivity index (χ1n) is 13.6. The monoisotopic (exact) mass is 557 g/mol. The van der Waals surface area contributed by atoms with Crippen molar-refractivity contribution in [1.82, 2.24) is 15.1 Å². The summed E-state index contributed by atoms with van der Waals surface area (Å²) in [7, 11) is 1.45. The van der Waals surface area contributed by atoms with Gasteiger partial charge < -0.3 is 10.1 Å². The van der Waals surface area contributed by atoms with Crippen molar-refractivity contribution >= 4 is 0 Å². The topological polar surface area (TPSA) is 27.7 Å². The van der Waals surface area contributed by atoms with Crippen LogP contribution < -0.4 is 10.1 Å². The fourth-order valence-corrected chi connectivity index (χ4v) is 6.12. The van der Waals surface area contributed by atoms with Crippen LogP contribution in [-0.4, -0.2) is 67.0 Å². The molecule has 1 N–H and O–H groups in total. The van der Waals surface area contributed by atoms with Crippen molar-refractivity contribution in [2.24, 2.45) is 0 Å². The van der Waals surface area contributed by atoms with Gasteiger partial charge in [0.05, 0.1) is 13.2 Å². The van der Waals surface area contributed by atoms with Crippen molar-refractivity contribution in [3.8, 4) is 5.75 Å². The number of piperazine rings is 1. The second kappa shape index (κ2) is 12.9. The molecule has 0 amide bonds. The number of para-hydroxylation sites is 1. The predicted molar refractivity (Wildman–Crippen MR) is 138 cm³/mol. The fraction of sp³-hybridized carbons (Fsp3) is 0.586. The second-order valence-electron chi connectivity index (χ2n) is 10.5. The Kier molecular flexibility index (Phi) is 9.82. The van der Waals surface area contributed by atoms with E-state index >= 15 is 0 Å². The quantitative estimate of drug-likeness (QED) is 0.288. The van der Waals surface area contributed by atoms with Crippen molar-refractivity contribution in [1.29, 1.82) is 0 Å². The van der Waals surface area contributed by atoms with Gasteiger partial charge in [0.2, 0.25) is 0 Å². The first kappa shape index (κ1) is 29.7. The van der Waals surface area contributed by atoms with Crippen LogP contribution in [0.3, 0.4) is 0 Å². The summed E-state index contributed by atoms with van der Waals surface area (Å²) in [4.78, 5) is 2.14. The van der Waals surface area contributed by atoms with Crippen LogP contribution in [-0.2, 0) is 6.54 Å². The largest absolute Gasteiger partial charge is 0.496 e. The van der Waals surface area contributed by atoms with E-state index in [2.05, 4.69) is 5.32 Å². The number of benzene rings is 2. The molecular weight excluding hydrogens is 520 g/mol. The molecule has 2 aromatic carbocycles. The molecule has 0 spiro atoms. The van der Waals surface area contributed by atoms with Crippen LogP contribution in [0.2, 0.25) is 0 Å². The normalized spacial score (nSPS) is 23.4. The van der Waals surface area contributed by atoms with Crippen molar-refractivity contribution < 1.29 is 31.1 Å². The molecular formula is C29H37F6N3O. The summed E-state index contributed by atoms with van der Waals surface area (Å²) >= 11 is 0. The Labute approximate surface area is 226 Å². The summed E-state index contributed by atoms with van der Waals surface area (Å²) in [5, 5.41) is 3.27. The van der Waals surface area contributed by atoms with Crippen LogP contribution in [0.1, 0.15) is 55.7 Å². The number of ether oxygens (including phenoxy) is 1. The van der Waals surface area contributed by atoms with E-state index in [4.69, 9.17) is 4.74 Å². The molecule has 10 heteroatoms. The van der Waals surface area contributed by atoms with Gasteiger partial charge in [-0.3, -0.25) is 9.80 Å².